The van der Waals surface area contributed by atoms with Gasteiger partial charge in [-0.1, -0.05) is 18.5 Å². The second kappa shape index (κ2) is 8.01. The van der Waals surface area contributed by atoms with Crippen molar-refractivity contribution in [2.24, 2.45) is 5.92 Å². The minimum absolute atomic E-state index is 0.174. The first-order valence-corrected chi connectivity index (χ1v) is 7.41. The molecule has 0 heterocycles. The molecule has 0 fully saturated rings. The van der Waals surface area contributed by atoms with Gasteiger partial charge in [-0.3, -0.25) is 9.59 Å². The number of amides is 1. The van der Waals surface area contributed by atoms with Crippen molar-refractivity contribution in [3.63, 3.8) is 0 Å². The summed E-state index contributed by atoms with van der Waals surface area (Å²) >= 11 is 7.13. The summed E-state index contributed by atoms with van der Waals surface area (Å²) in [6.45, 7) is 1.60. The van der Waals surface area contributed by atoms with Gasteiger partial charge in [0.05, 0.1) is 24.5 Å². The van der Waals surface area contributed by atoms with Crippen LogP contribution >= 0.6 is 23.4 Å². The number of carboxylic acids is 1. The molecule has 0 aliphatic heterocycles. The first kappa shape index (κ1) is 16.7. The molecule has 0 spiro atoms. The number of hydrogen-bond acceptors (Lipinski definition) is 4. The molecule has 1 aromatic rings. The molecule has 1 aromatic carbocycles. The Morgan fingerprint density at radius 2 is 2.20 bits per heavy atom. The second-order valence-electron chi connectivity index (χ2n) is 4.15. The number of halogens is 1. The zero-order valence-corrected chi connectivity index (χ0v) is 12.8. The van der Waals surface area contributed by atoms with Gasteiger partial charge >= 0.3 is 5.97 Å². The maximum Gasteiger partial charge on any atom is 0.307 e. The fourth-order valence-corrected chi connectivity index (χ4v) is 2.41. The molecule has 1 atom stereocenters. The summed E-state index contributed by atoms with van der Waals surface area (Å²) in [5.41, 5.74) is 0.497. The van der Waals surface area contributed by atoms with E-state index in [4.69, 9.17) is 21.4 Å². The predicted octanol–water partition coefficient (Wildman–Crippen LogP) is 2.74. The first-order chi connectivity index (χ1) is 9.43. The van der Waals surface area contributed by atoms with E-state index >= 15 is 0 Å². The highest BCUT2D eigenvalue weighted by molar-refractivity contribution is 8.00. The number of carboxylic acid groups (broad SMARTS) is 1. The highest BCUT2D eigenvalue weighted by Crippen LogP contribution is 2.27. The summed E-state index contributed by atoms with van der Waals surface area (Å²) in [5, 5.41) is 11.9. The SMILES string of the molecule is COc1ccc(Cl)cc1NC(=O)CSCC(C)C(=O)O. The molecule has 110 valence electrons. The fourth-order valence-electron chi connectivity index (χ4n) is 1.36. The summed E-state index contributed by atoms with van der Waals surface area (Å²) in [4.78, 5) is 22.4. The smallest absolute Gasteiger partial charge is 0.307 e. The van der Waals surface area contributed by atoms with Gasteiger partial charge in [0.25, 0.3) is 0 Å². The Bertz CT molecular complexity index is 495. The molecule has 2 N–H and O–H groups in total. The Morgan fingerprint density at radius 1 is 1.50 bits per heavy atom. The van der Waals surface area contributed by atoms with Crippen molar-refractivity contribution in [1.82, 2.24) is 0 Å². The zero-order valence-electron chi connectivity index (χ0n) is 11.2. The van der Waals surface area contributed by atoms with Gasteiger partial charge in [0.1, 0.15) is 5.75 Å². The number of aliphatic carboxylic acids is 1. The maximum atomic E-state index is 11.8. The molecule has 20 heavy (non-hydrogen) atoms. The van der Waals surface area contributed by atoms with E-state index in [-0.39, 0.29) is 11.7 Å². The van der Waals surface area contributed by atoms with Gasteiger partial charge in [-0.15, -0.1) is 0 Å². The lowest BCUT2D eigenvalue weighted by molar-refractivity contribution is -0.140. The van der Waals surface area contributed by atoms with Gasteiger partial charge in [0.2, 0.25) is 5.91 Å². The Labute approximate surface area is 126 Å². The molecule has 1 rings (SSSR count). The number of carbonyl (C=O) groups is 2. The molecule has 0 bridgehead atoms. The molecule has 0 saturated heterocycles. The minimum Gasteiger partial charge on any atom is -0.495 e. The molecule has 7 heteroatoms. The van der Waals surface area contributed by atoms with Crippen molar-refractivity contribution < 1.29 is 19.4 Å². The molecule has 0 aliphatic rings. The topological polar surface area (TPSA) is 75.6 Å². The summed E-state index contributed by atoms with van der Waals surface area (Å²) in [5.74, 6) is -0.495. The van der Waals surface area contributed by atoms with Gasteiger partial charge in [-0.05, 0) is 18.2 Å². The lowest BCUT2D eigenvalue weighted by Gasteiger charge is -2.11. The molecule has 0 aromatic heterocycles. The summed E-state index contributed by atoms with van der Waals surface area (Å²) in [6.07, 6.45) is 0. The lowest BCUT2D eigenvalue weighted by atomic mass is 10.2. The van der Waals surface area contributed by atoms with Crippen LogP contribution < -0.4 is 10.1 Å². The zero-order chi connectivity index (χ0) is 15.1. The quantitative estimate of drug-likeness (QED) is 0.808. The molecule has 0 saturated carbocycles. The summed E-state index contributed by atoms with van der Waals surface area (Å²) in [7, 11) is 1.50. The van der Waals surface area contributed by atoms with Crippen molar-refractivity contribution in [2.75, 3.05) is 23.9 Å². The largest absolute Gasteiger partial charge is 0.495 e. The van der Waals surface area contributed by atoms with Crippen LogP contribution in [0.25, 0.3) is 0 Å². The second-order valence-corrected chi connectivity index (χ2v) is 5.61. The van der Waals surface area contributed by atoms with E-state index in [1.807, 2.05) is 0 Å². The average Bonchev–Trinajstić information content (AvgIpc) is 2.38. The van der Waals surface area contributed by atoms with Gasteiger partial charge in [-0.2, -0.15) is 11.8 Å². The molecule has 0 radical (unpaired) electrons. The van der Waals surface area contributed by atoms with Crippen LogP contribution in [0.15, 0.2) is 18.2 Å². The number of ether oxygens (including phenoxy) is 1. The normalized spacial score (nSPS) is 11.8. The van der Waals surface area contributed by atoms with Crippen LogP contribution in [0, 0.1) is 5.92 Å². The molecule has 1 unspecified atom stereocenters. The minimum atomic E-state index is -0.866. The van der Waals surface area contributed by atoms with Crippen molar-refractivity contribution in [3.8, 4) is 5.75 Å². The number of nitrogens with one attached hydrogen (secondary N) is 1. The number of anilines is 1. The monoisotopic (exact) mass is 317 g/mol. The number of thioether (sulfide) groups is 1. The third-order valence-electron chi connectivity index (χ3n) is 2.46. The first-order valence-electron chi connectivity index (χ1n) is 5.88. The number of rotatable bonds is 7. The summed E-state index contributed by atoms with van der Waals surface area (Å²) in [6, 6.07) is 4.93. The van der Waals surface area contributed by atoms with Gasteiger partial charge in [0, 0.05) is 10.8 Å². The van der Waals surface area contributed by atoms with Crippen molar-refractivity contribution in [2.45, 2.75) is 6.92 Å². The highest BCUT2D eigenvalue weighted by atomic mass is 35.5. The molecular formula is C13H16ClNO4S. The maximum absolute atomic E-state index is 11.8. The average molecular weight is 318 g/mol. The number of hydrogen-bond donors (Lipinski definition) is 2. The van der Waals surface area contributed by atoms with Crippen LogP contribution in [-0.4, -0.2) is 35.6 Å². The van der Waals surface area contributed by atoms with Crippen molar-refractivity contribution >= 4 is 40.9 Å². The summed E-state index contributed by atoms with van der Waals surface area (Å²) < 4.78 is 5.12. The van der Waals surface area contributed by atoms with Gasteiger partial charge < -0.3 is 15.2 Å². The Kier molecular flexibility index (Phi) is 6.67. The standard InChI is InChI=1S/C13H16ClNO4S/c1-8(13(17)18)6-20-7-12(16)15-10-5-9(14)3-4-11(10)19-2/h3-5,8H,6-7H2,1-2H3,(H,15,16)(H,17,18). The van der Waals surface area contributed by atoms with E-state index in [1.165, 1.54) is 18.9 Å². The Balaban J connectivity index is 2.50. The third kappa shape index (κ3) is 5.30. The van der Waals surface area contributed by atoms with Crippen LogP contribution in [-0.2, 0) is 9.59 Å². The van der Waals surface area contributed by atoms with Crippen LogP contribution in [0.1, 0.15) is 6.92 Å². The fraction of sp³-hybridized carbons (Fsp3) is 0.385. The predicted molar refractivity (Wildman–Crippen MR) is 80.8 cm³/mol. The van der Waals surface area contributed by atoms with E-state index in [0.717, 1.165) is 0 Å². The van der Waals surface area contributed by atoms with Gasteiger partial charge in [0.15, 0.2) is 0 Å². The highest BCUT2D eigenvalue weighted by Gasteiger charge is 2.13. The van der Waals surface area contributed by atoms with E-state index in [1.54, 1.807) is 25.1 Å². The van der Waals surface area contributed by atoms with E-state index in [0.29, 0.717) is 22.2 Å². The lowest BCUT2D eigenvalue weighted by Crippen LogP contribution is -2.17. The van der Waals surface area contributed by atoms with Crippen LogP contribution in [0.2, 0.25) is 5.02 Å². The number of methoxy groups -OCH3 is 1. The molecule has 0 aliphatic carbocycles. The van der Waals surface area contributed by atoms with E-state index in [2.05, 4.69) is 5.32 Å². The van der Waals surface area contributed by atoms with Gasteiger partial charge in [-0.25, -0.2) is 0 Å². The third-order valence-corrected chi connectivity index (χ3v) is 3.90. The van der Waals surface area contributed by atoms with Crippen molar-refractivity contribution in [1.29, 1.82) is 0 Å². The van der Waals surface area contributed by atoms with Crippen LogP contribution in [0.5, 0.6) is 5.75 Å². The number of carbonyl (C=O) groups excluding carboxylic acids is 1. The Hall–Kier alpha value is -1.40. The van der Waals surface area contributed by atoms with Crippen LogP contribution in [0.4, 0.5) is 5.69 Å². The number of benzene rings is 1. The van der Waals surface area contributed by atoms with Crippen LogP contribution in [0.3, 0.4) is 0 Å². The molecular weight excluding hydrogens is 302 g/mol. The van der Waals surface area contributed by atoms with Crippen molar-refractivity contribution in [3.05, 3.63) is 23.2 Å². The van der Waals surface area contributed by atoms with E-state index in [9.17, 15) is 9.59 Å². The Morgan fingerprint density at radius 3 is 2.80 bits per heavy atom. The molecule has 5 nitrogen and oxygen atoms in total. The van der Waals surface area contributed by atoms with E-state index < -0.39 is 11.9 Å². The molecule has 1 amide bonds.